The number of piperidine rings is 2. The SMILES string of the molecule is CC.CN1CCCC2(CC[N-]CC2)C1.[V]. The Kier molecular flexibility index (Phi) is 7.98. The van der Waals surface area contributed by atoms with Crippen molar-refractivity contribution in [3.8, 4) is 0 Å². The van der Waals surface area contributed by atoms with Crippen LogP contribution >= 0.6 is 0 Å². The molecule has 2 aliphatic heterocycles. The first-order valence-corrected chi connectivity index (χ1v) is 6.13. The number of nitrogens with zero attached hydrogens (tertiary/aromatic N) is 2. The minimum atomic E-state index is 0. The van der Waals surface area contributed by atoms with E-state index < -0.39 is 0 Å². The predicted molar refractivity (Wildman–Crippen MR) is 62.8 cm³/mol. The van der Waals surface area contributed by atoms with Crippen LogP contribution in [0.2, 0.25) is 0 Å². The molecule has 2 heterocycles. The first-order chi connectivity index (χ1) is 6.81. The maximum absolute atomic E-state index is 4.43. The van der Waals surface area contributed by atoms with Gasteiger partial charge in [0.15, 0.2) is 0 Å². The fraction of sp³-hybridized carbons (Fsp3) is 1.00. The summed E-state index contributed by atoms with van der Waals surface area (Å²) in [6, 6.07) is 0. The Bertz CT molecular complexity index is 150. The Morgan fingerprint density at radius 2 is 1.67 bits per heavy atom. The average molecular weight is 248 g/mol. The molecule has 2 saturated heterocycles. The van der Waals surface area contributed by atoms with Crippen LogP contribution in [0.15, 0.2) is 0 Å². The van der Waals surface area contributed by atoms with E-state index in [-0.39, 0.29) is 18.6 Å². The van der Waals surface area contributed by atoms with Gasteiger partial charge in [-0.05, 0) is 31.8 Å². The van der Waals surface area contributed by atoms with Crippen molar-refractivity contribution in [1.29, 1.82) is 0 Å². The van der Waals surface area contributed by atoms with Crippen LogP contribution in [-0.2, 0) is 18.6 Å². The van der Waals surface area contributed by atoms with Crippen LogP contribution in [0.1, 0.15) is 39.5 Å². The van der Waals surface area contributed by atoms with Gasteiger partial charge >= 0.3 is 0 Å². The van der Waals surface area contributed by atoms with Crippen LogP contribution in [0.4, 0.5) is 0 Å². The van der Waals surface area contributed by atoms with Gasteiger partial charge in [0.2, 0.25) is 0 Å². The standard InChI is InChI=1S/C10H19N2.C2H6.V/c1-12-8-2-3-10(9-12)4-6-11-7-5-10;1-2;/h2-9H2,1H3;1-2H3;/q-1;;. The molecule has 15 heavy (non-hydrogen) atoms. The summed E-state index contributed by atoms with van der Waals surface area (Å²) in [4.78, 5) is 2.49. The van der Waals surface area contributed by atoms with Gasteiger partial charge in [-0.3, -0.25) is 0 Å². The summed E-state index contributed by atoms with van der Waals surface area (Å²) < 4.78 is 0. The summed E-state index contributed by atoms with van der Waals surface area (Å²) in [5, 5.41) is 4.43. The van der Waals surface area contributed by atoms with E-state index in [0.29, 0.717) is 5.41 Å². The summed E-state index contributed by atoms with van der Waals surface area (Å²) in [6.07, 6.45) is 5.54. The molecule has 2 nitrogen and oxygen atoms in total. The molecule has 1 radical (unpaired) electrons. The third-order valence-corrected chi connectivity index (χ3v) is 3.45. The predicted octanol–water partition coefficient (Wildman–Crippen LogP) is 2.89. The molecule has 0 aromatic carbocycles. The molecule has 0 atom stereocenters. The molecule has 3 heteroatoms. The molecule has 2 aliphatic rings. The van der Waals surface area contributed by atoms with Crippen LogP contribution in [0, 0.1) is 5.41 Å². The van der Waals surface area contributed by atoms with E-state index in [1.165, 1.54) is 38.8 Å². The first-order valence-electron chi connectivity index (χ1n) is 6.13. The summed E-state index contributed by atoms with van der Waals surface area (Å²) in [7, 11) is 2.26. The van der Waals surface area contributed by atoms with E-state index in [4.69, 9.17) is 0 Å². The third kappa shape index (κ3) is 4.48. The van der Waals surface area contributed by atoms with E-state index in [1.807, 2.05) is 13.8 Å². The maximum atomic E-state index is 4.43. The molecule has 0 bridgehead atoms. The summed E-state index contributed by atoms with van der Waals surface area (Å²) in [6.45, 7) is 8.86. The molecule has 2 fully saturated rings. The third-order valence-electron chi connectivity index (χ3n) is 3.45. The summed E-state index contributed by atoms with van der Waals surface area (Å²) in [5.74, 6) is 0. The van der Waals surface area contributed by atoms with Crippen molar-refractivity contribution in [2.24, 2.45) is 5.41 Å². The fourth-order valence-corrected chi connectivity index (χ4v) is 2.73. The van der Waals surface area contributed by atoms with Gasteiger partial charge in [0.1, 0.15) is 0 Å². The van der Waals surface area contributed by atoms with Crippen molar-refractivity contribution in [3.05, 3.63) is 5.32 Å². The Morgan fingerprint density at radius 3 is 2.20 bits per heavy atom. The molecular weight excluding hydrogens is 223 g/mol. The second kappa shape index (κ2) is 7.73. The number of likely N-dealkylation sites (tertiary alicyclic amines) is 1. The van der Waals surface area contributed by atoms with Crippen molar-refractivity contribution in [3.63, 3.8) is 0 Å². The maximum Gasteiger partial charge on any atom is 0.00337 e. The van der Waals surface area contributed by atoms with Crippen LogP contribution in [0.3, 0.4) is 0 Å². The van der Waals surface area contributed by atoms with Crippen molar-refractivity contribution >= 4 is 0 Å². The van der Waals surface area contributed by atoms with Crippen LogP contribution in [0.25, 0.3) is 5.32 Å². The van der Waals surface area contributed by atoms with E-state index in [0.717, 1.165) is 13.1 Å². The van der Waals surface area contributed by atoms with Crippen LogP contribution in [-0.4, -0.2) is 38.1 Å². The van der Waals surface area contributed by atoms with E-state index in [2.05, 4.69) is 17.3 Å². The second-order valence-corrected chi connectivity index (χ2v) is 4.51. The van der Waals surface area contributed by atoms with Gasteiger partial charge in [-0.2, -0.15) is 0 Å². The molecule has 0 aliphatic carbocycles. The summed E-state index contributed by atoms with van der Waals surface area (Å²) >= 11 is 0. The molecule has 0 aromatic heterocycles. The Balaban J connectivity index is 0.000000617. The van der Waals surface area contributed by atoms with Gasteiger partial charge < -0.3 is 10.2 Å². The van der Waals surface area contributed by atoms with E-state index in [1.54, 1.807) is 0 Å². The van der Waals surface area contributed by atoms with Gasteiger partial charge in [-0.1, -0.05) is 26.7 Å². The molecule has 0 unspecified atom stereocenters. The second-order valence-electron chi connectivity index (χ2n) is 4.51. The minimum absolute atomic E-state index is 0. The number of rotatable bonds is 0. The average Bonchev–Trinajstić information content (AvgIpc) is 2.21. The number of hydrogen-bond donors (Lipinski definition) is 0. The molecule has 0 aromatic rings. The minimum Gasteiger partial charge on any atom is -0.662 e. The molecule has 0 N–H and O–H groups in total. The molecule has 0 amide bonds. The van der Waals surface area contributed by atoms with Crippen molar-refractivity contribution < 1.29 is 18.6 Å². The summed E-state index contributed by atoms with van der Waals surface area (Å²) in [5.41, 5.74) is 0.661. The van der Waals surface area contributed by atoms with Gasteiger partial charge in [-0.15, -0.1) is 13.1 Å². The van der Waals surface area contributed by atoms with Crippen molar-refractivity contribution in [2.45, 2.75) is 39.5 Å². The molecular formula is C12H25N2V-. The smallest absolute Gasteiger partial charge is 0.00337 e. The largest absolute Gasteiger partial charge is 0.662 e. The van der Waals surface area contributed by atoms with E-state index in [9.17, 15) is 0 Å². The topological polar surface area (TPSA) is 17.3 Å². The normalized spacial score (nSPS) is 25.0. The molecule has 89 valence electrons. The quantitative estimate of drug-likeness (QED) is 0.644. The molecule has 1 spiro atoms. The molecule has 2 rings (SSSR count). The first kappa shape index (κ1) is 15.5. The monoisotopic (exact) mass is 248 g/mol. The van der Waals surface area contributed by atoms with Crippen LogP contribution < -0.4 is 0 Å². The van der Waals surface area contributed by atoms with Crippen LogP contribution in [0.5, 0.6) is 0 Å². The van der Waals surface area contributed by atoms with Crippen molar-refractivity contribution in [1.82, 2.24) is 4.90 Å². The Labute approximate surface area is 107 Å². The Morgan fingerprint density at radius 1 is 1.07 bits per heavy atom. The molecule has 0 saturated carbocycles. The van der Waals surface area contributed by atoms with Gasteiger partial charge in [0.05, 0.1) is 0 Å². The van der Waals surface area contributed by atoms with Gasteiger partial charge in [0, 0.05) is 25.1 Å². The van der Waals surface area contributed by atoms with Gasteiger partial charge in [-0.25, -0.2) is 0 Å². The zero-order valence-electron chi connectivity index (χ0n) is 10.5. The zero-order chi connectivity index (χ0) is 10.4. The zero-order valence-corrected chi connectivity index (χ0v) is 11.9. The van der Waals surface area contributed by atoms with Crippen molar-refractivity contribution in [2.75, 3.05) is 33.2 Å². The van der Waals surface area contributed by atoms with Gasteiger partial charge in [0.25, 0.3) is 0 Å². The fourth-order valence-electron chi connectivity index (χ4n) is 2.73. The Hall–Kier alpha value is 0.504. The number of hydrogen-bond acceptors (Lipinski definition) is 1. The van der Waals surface area contributed by atoms with E-state index >= 15 is 0 Å².